The highest BCUT2D eigenvalue weighted by molar-refractivity contribution is 6.28. The van der Waals surface area contributed by atoms with E-state index in [2.05, 4.69) is 9.97 Å². The lowest BCUT2D eigenvalue weighted by Crippen LogP contribution is -2.53. The number of nitrogens with zero attached hydrogens (tertiary/aromatic N) is 4. The first-order valence-corrected chi connectivity index (χ1v) is 5.91. The number of rotatable bonds is 0. The smallest absolute Gasteiger partial charge is 0.252 e. The van der Waals surface area contributed by atoms with Gasteiger partial charge in [-0.05, 0) is 31.4 Å². The maximum Gasteiger partial charge on any atom is 0.252 e. The van der Waals surface area contributed by atoms with E-state index in [1.807, 2.05) is 18.9 Å². The molecule has 1 fully saturated rings. The maximum atomic E-state index is 12.3. The van der Waals surface area contributed by atoms with Crippen LogP contribution in [0.5, 0.6) is 0 Å². The Morgan fingerprint density at radius 2 is 1.94 bits per heavy atom. The summed E-state index contributed by atoms with van der Waals surface area (Å²) in [7, 11) is 3.68. The van der Waals surface area contributed by atoms with Crippen LogP contribution in [-0.2, 0) is 4.79 Å². The minimum Gasteiger partial charge on any atom is -0.343 e. The van der Waals surface area contributed by atoms with Gasteiger partial charge in [-0.1, -0.05) is 0 Å². The second-order valence-corrected chi connectivity index (χ2v) is 5.04. The fourth-order valence-electron chi connectivity index (χ4n) is 2.57. The third kappa shape index (κ3) is 1.23. The summed E-state index contributed by atoms with van der Waals surface area (Å²) in [5, 5.41) is 0.228. The normalized spacial score (nSPS) is 20.8. The molecule has 0 saturated heterocycles. The number of carbonyl (C=O) groups excluding carboxylic acids is 1. The SMILES string of the molecule is Cc1nc(Cl)nc2c1N(C)C(=O)C1(CC1)N2C. The zero-order valence-corrected chi connectivity index (χ0v) is 10.7. The van der Waals surface area contributed by atoms with Crippen LogP contribution in [0.1, 0.15) is 18.5 Å². The van der Waals surface area contributed by atoms with Crippen molar-refractivity contribution in [2.24, 2.45) is 0 Å². The Balaban J connectivity index is 2.25. The standard InChI is InChI=1S/C11H13ClN4O/c1-6-7-8(14-10(12)13-6)16(3)11(4-5-11)9(17)15(7)2/h4-5H2,1-3H3. The quantitative estimate of drug-likeness (QED) is 0.655. The Labute approximate surface area is 104 Å². The van der Waals surface area contributed by atoms with Crippen molar-refractivity contribution in [2.75, 3.05) is 23.9 Å². The van der Waals surface area contributed by atoms with E-state index in [4.69, 9.17) is 11.6 Å². The molecule has 1 amide bonds. The van der Waals surface area contributed by atoms with Crippen LogP contribution in [0.2, 0.25) is 5.28 Å². The Bertz CT molecular complexity index is 526. The molecule has 1 saturated carbocycles. The topological polar surface area (TPSA) is 49.3 Å². The number of carbonyl (C=O) groups is 1. The fraction of sp³-hybridized carbons (Fsp3) is 0.545. The van der Waals surface area contributed by atoms with E-state index in [0.29, 0.717) is 0 Å². The van der Waals surface area contributed by atoms with Gasteiger partial charge >= 0.3 is 0 Å². The summed E-state index contributed by atoms with van der Waals surface area (Å²) in [6.07, 6.45) is 1.76. The van der Waals surface area contributed by atoms with Crippen LogP contribution in [0.4, 0.5) is 11.5 Å². The molecule has 0 aromatic carbocycles. The van der Waals surface area contributed by atoms with Crippen molar-refractivity contribution in [3.63, 3.8) is 0 Å². The van der Waals surface area contributed by atoms with E-state index in [9.17, 15) is 4.79 Å². The van der Waals surface area contributed by atoms with Gasteiger partial charge in [0, 0.05) is 14.1 Å². The van der Waals surface area contributed by atoms with Crippen molar-refractivity contribution in [1.29, 1.82) is 0 Å². The predicted octanol–water partition coefficient (Wildman–Crippen LogP) is 1.38. The van der Waals surface area contributed by atoms with Gasteiger partial charge in [0.15, 0.2) is 5.82 Å². The third-order valence-corrected chi connectivity index (χ3v) is 3.90. The first-order valence-electron chi connectivity index (χ1n) is 5.53. The first kappa shape index (κ1) is 10.8. The molecule has 1 aliphatic carbocycles. The monoisotopic (exact) mass is 252 g/mol. The van der Waals surface area contributed by atoms with Gasteiger partial charge in [0.2, 0.25) is 5.28 Å². The molecule has 5 nitrogen and oxygen atoms in total. The average molecular weight is 253 g/mol. The van der Waals surface area contributed by atoms with Crippen LogP contribution in [-0.4, -0.2) is 35.5 Å². The van der Waals surface area contributed by atoms with Crippen molar-refractivity contribution < 1.29 is 4.79 Å². The number of anilines is 2. The highest BCUT2D eigenvalue weighted by Crippen LogP contribution is 2.50. The summed E-state index contributed by atoms with van der Waals surface area (Å²) in [5.74, 6) is 0.878. The molecule has 1 aromatic rings. The molecule has 1 spiro atoms. The lowest BCUT2D eigenvalue weighted by Gasteiger charge is -2.39. The van der Waals surface area contributed by atoms with Gasteiger partial charge in [0.05, 0.1) is 5.69 Å². The summed E-state index contributed by atoms with van der Waals surface area (Å²) >= 11 is 5.89. The van der Waals surface area contributed by atoms with Gasteiger partial charge in [0.25, 0.3) is 5.91 Å². The van der Waals surface area contributed by atoms with E-state index in [0.717, 1.165) is 30.0 Å². The average Bonchev–Trinajstić information content (AvgIpc) is 3.04. The molecule has 6 heteroatoms. The molecular formula is C11H13ClN4O. The summed E-state index contributed by atoms with van der Waals surface area (Å²) < 4.78 is 0. The van der Waals surface area contributed by atoms with Crippen LogP contribution in [0.15, 0.2) is 0 Å². The Morgan fingerprint density at radius 1 is 1.29 bits per heavy atom. The molecular weight excluding hydrogens is 240 g/mol. The second kappa shape index (κ2) is 3.10. The molecule has 0 unspecified atom stereocenters. The lowest BCUT2D eigenvalue weighted by molar-refractivity contribution is -0.120. The minimum atomic E-state index is -0.383. The number of fused-ring (bicyclic) bond motifs is 1. The Kier molecular flexibility index (Phi) is 1.96. The molecule has 0 radical (unpaired) electrons. The molecule has 90 valence electrons. The predicted molar refractivity (Wildman–Crippen MR) is 65.6 cm³/mol. The number of aryl methyl sites for hydroxylation is 1. The van der Waals surface area contributed by atoms with Crippen LogP contribution in [0, 0.1) is 6.92 Å². The van der Waals surface area contributed by atoms with Crippen LogP contribution < -0.4 is 9.80 Å². The van der Waals surface area contributed by atoms with E-state index >= 15 is 0 Å². The van der Waals surface area contributed by atoms with E-state index < -0.39 is 0 Å². The molecule has 0 bridgehead atoms. The van der Waals surface area contributed by atoms with Gasteiger partial charge in [-0.15, -0.1) is 0 Å². The van der Waals surface area contributed by atoms with Gasteiger partial charge in [0.1, 0.15) is 11.2 Å². The van der Waals surface area contributed by atoms with Gasteiger partial charge in [-0.25, -0.2) is 4.98 Å². The maximum absolute atomic E-state index is 12.3. The summed E-state index contributed by atoms with van der Waals surface area (Å²) in [6.45, 7) is 1.84. The van der Waals surface area contributed by atoms with Crippen molar-refractivity contribution >= 4 is 29.0 Å². The zero-order valence-electron chi connectivity index (χ0n) is 9.99. The molecule has 3 rings (SSSR count). The largest absolute Gasteiger partial charge is 0.343 e. The molecule has 0 N–H and O–H groups in total. The summed E-state index contributed by atoms with van der Waals surface area (Å²) in [4.78, 5) is 24.3. The van der Waals surface area contributed by atoms with E-state index in [1.165, 1.54) is 0 Å². The van der Waals surface area contributed by atoms with Crippen LogP contribution >= 0.6 is 11.6 Å². The number of likely N-dealkylation sites (N-methyl/N-ethyl adjacent to an activating group) is 2. The fourth-order valence-corrected chi connectivity index (χ4v) is 2.78. The first-order chi connectivity index (χ1) is 7.97. The molecule has 2 heterocycles. The minimum absolute atomic E-state index is 0.126. The molecule has 1 aromatic heterocycles. The van der Waals surface area contributed by atoms with Crippen molar-refractivity contribution in [1.82, 2.24) is 9.97 Å². The molecule has 2 aliphatic rings. The number of hydrogen-bond donors (Lipinski definition) is 0. The van der Waals surface area contributed by atoms with Gasteiger partial charge in [-0.3, -0.25) is 4.79 Å². The number of hydrogen-bond acceptors (Lipinski definition) is 4. The van der Waals surface area contributed by atoms with E-state index in [-0.39, 0.29) is 16.7 Å². The zero-order chi connectivity index (χ0) is 12.4. The Hall–Kier alpha value is -1.36. The molecule has 17 heavy (non-hydrogen) atoms. The highest BCUT2D eigenvalue weighted by atomic mass is 35.5. The number of amides is 1. The second-order valence-electron chi connectivity index (χ2n) is 4.71. The lowest BCUT2D eigenvalue weighted by atomic mass is 10.1. The summed E-state index contributed by atoms with van der Waals surface area (Å²) in [6, 6.07) is 0. The number of aromatic nitrogens is 2. The van der Waals surface area contributed by atoms with Gasteiger partial charge < -0.3 is 9.80 Å². The molecule has 1 aliphatic heterocycles. The van der Waals surface area contributed by atoms with Crippen molar-refractivity contribution in [3.8, 4) is 0 Å². The Morgan fingerprint density at radius 3 is 2.53 bits per heavy atom. The third-order valence-electron chi connectivity index (χ3n) is 3.73. The van der Waals surface area contributed by atoms with Crippen molar-refractivity contribution in [2.45, 2.75) is 25.3 Å². The number of halogens is 1. The molecule has 0 atom stereocenters. The highest BCUT2D eigenvalue weighted by Gasteiger charge is 2.58. The van der Waals surface area contributed by atoms with Crippen molar-refractivity contribution in [3.05, 3.63) is 11.0 Å². The van der Waals surface area contributed by atoms with Crippen LogP contribution in [0.25, 0.3) is 0 Å². The summed E-state index contributed by atoms with van der Waals surface area (Å²) in [5.41, 5.74) is 1.11. The van der Waals surface area contributed by atoms with Gasteiger partial charge in [-0.2, -0.15) is 4.98 Å². The van der Waals surface area contributed by atoms with E-state index in [1.54, 1.807) is 11.9 Å². The van der Waals surface area contributed by atoms with Crippen LogP contribution in [0.3, 0.4) is 0 Å².